The number of rotatable bonds is 6. The summed E-state index contributed by atoms with van der Waals surface area (Å²) in [6, 6.07) is 0. The molecule has 0 radical (unpaired) electrons. The topological polar surface area (TPSA) is 63.6 Å². The normalized spacial score (nSPS) is 19.1. The van der Waals surface area contributed by atoms with Crippen LogP contribution >= 0.6 is 0 Å². The summed E-state index contributed by atoms with van der Waals surface area (Å²) in [6.07, 6.45) is 12.1. The molecule has 0 unspecified atom stereocenters. The zero-order chi connectivity index (χ0) is 19.9. The Balaban J connectivity index is 3.07. The third-order valence-corrected chi connectivity index (χ3v) is 4.76. The van der Waals surface area contributed by atoms with E-state index < -0.39 is 11.9 Å². The van der Waals surface area contributed by atoms with E-state index in [1.807, 2.05) is 13.0 Å². The average Bonchev–Trinajstić information content (AvgIpc) is 2.53. The zero-order valence-corrected chi connectivity index (χ0v) is 16.7. The summed E-state index contributed by atoms with van der Waals surface area (Å²) < 4.78 is 4.54. The summed E-state index contributed by atoms with van der Waals surface area (Å²) in [5.41, 5.74) is 4.31. The third kappa shape index (κ3) is 6.17. The van der Waals surface area contributed by atoms with E-state index in [-0.39, 0.29) is 11.0 Å². The molecule has 0 aromatic heterocycles. The van der Waals surface area contributed by atoms with Crippen LogP contribution in [0.1, 0.15) is 53.9 Å². The van der Waals surface area contributed by atoms with E-state index in [2.05, 4.69) is 31.6 Å². The van der Waals surface area contributed by atoms with Crippen LogP contribution in [0.15, 0.2) is 58.2 Å². The summed E-state index contributed by atoms with van der Waals surface area (Å²) in [5, 5.41) is 9.36. The van der Waals surface area contributed by atoms with Crippen LogP contribution in [-0.2, 0) is 14.3 Å². The monoisotopic (exact) mass is 358 g/mol. The molecule has 1 N–H and O–H groups in total. The Morgan fingerprint density at radius 3 is 2.38 bits per heavy atom. The molecule has 1 aliphatic carbocycles. The van der Waals surface area contributed by atoms with Crippen LogP contribution in [0, 0.1) is 5.41 Å². The van der Waals surface area contributed by atoms with Gasteiger partial charge in [0.05, 0.1) is 12.7 Å². The van der Waals surface area contributed by atoms with Crippen LogP contribution in [0.2, 0.25) is 0 Å². The smallest absolute Gasteiger partial charge is 0.335 e. The van der Waals surface area contributed by atoms with Crippen molar-refractivity contribution in [1.82, 2.24) is 0 Å². The molecule has 0 amide bonds. The van der Waals surface area contributed by atoms with Crippen molar-refractivity contribution in [1.29, 1.82) is 0 Å². The molecule has 1 rings (SSSR count). The predicted octanol–water partition coefficient (Wildman–Crippen LogP) is 5.15. The van der Waals surface area contributed by atoms with Crippen molar-refractivity contribution < 1.29 is 19.4 Å². The van der Waals surface area contributed by atoms with E-state index in [4.69, 9.17) is 0 Å². The molecule has 0 saturated heterocycles. The maximum Gasteiger partial charge on any atom is 0.335 e. The molecule has 0 aromatic carbocycles. The molecule has 0 spiro atoms. The summed E-state index contributed by atoms with van der Waals surface area (Å²) in [5.74, 6) is -1.65. The van der Waals surface area contributed by atoms with Crippen LogP contribution in [0.25, 0.3) is 0 Å². The maximum atomic E-state index is 11.4. The first kappa shape index (κ1) is 21.7. The van der Waals surface area contributed by atoms with Gasteiger partial charge in [0, 0.05) is 6.08 Å². The number of carbonyl (C=O) groups excluding carboxylic acids is 1. The van der Waals surface area contributed by atoms with Crippen LogP contribution in [0.5, 0.6) is 0 Å². The second-order valence-corrected chi connectivity index (χ2v) is 7.41. The fourth-order valence-corrected chi connectivity index (χ4v) is 3.18. The van der Waals surface area contributed by atoms with Gasteiger partial charge in [0.15, 0.2) is 0 Å². The van der Waals surface area contributed by atoms with Crippen molar-refractivity contribution in [3.8, 4) is 0 Å². The van der Waals surface area contributed by atoms with Crippen LogP contribution in [0.4, 0.5) is 0 Å². The number of carboxylic acid groups (broad SMARTS) is 1. The third-order valence-electron chi connectivity index (χ3n) is 4.76. The van der Waals surface area contributed by atoms with Gasteiger partial charge in [-0.2, -0.15) is 0 Å². The Morgan fingerprint density at radius 2 is 1.85 bits per heavy atom. The molecule has 0 atom stereocenters. The van der Waals surface area contributed by atoms with Crippen molar-refractivity contribution in [2.45, 2.75) is 53.9 Å². The molecule has 0 aromatic rings. The molecule has 142 valence electrons. The van der Waals surface area contributed by atoms with E-state index >= 15 is 0 Å². The first-order valence-electron chi connectivity index (χ1n) is 8.85. The maximum absolute atomic E-state index is 11.4. The van der Waals surface area contributed by atoms with E-state index in [1.54, 1.807) is 13.0 Å². The van der Waals surface area contributed by atoms with Crippen molar-refractivity contribution in [3.05, 3.63) is 58.2 Å². The number of hydrogen-bond acceptors (Lipinski definition) is 3. The first-order chi connectivity index (χ1) is 12.1. The number of esters is 1. The van der Waals surface area contributed by atoms with Gasteiger partial charge in [-0.1, -0.05) is 43.2 Å². The second-order valence-electron chi connectivity index (χ2n) is 7.41. The minimum atomic E-state index is -1.08. The van der Waals surface area contributed by atoms with Gasteiger partial charge in [0.1, 0.15) is 0 Å². The predicted molar refractivity (Wildman–Crippen MR) is 105 cm³/mol. The van der Waals surface area contributed by atoms with Crippen molar-refractivity contribution in [2.24, 2.45) is 5.41 Å². The molecule has 0 heterocycles. The highest BCUT2D eigenvalue weighted by molar-refractivity contribution is 5.95. The molecule has 0 bridgehead atoms. The lowest BCUT2D eigenvalue weighted by Gasteiger charge is -2.32. The van der Waals surface area contributed by atoms with Crippen molar-refractivity contribution in [2.75, 3.05) is 7.11 Å². The SMILES string of the molecule is COC(=O)\C=C(C)/C(=C\C=C(C)\C=C\C1=C(C)CCCC1(C)C)C(=O)O. The molecular weight excluding hydrogens is 328 g/mol. The van der Waals surface area contributed by atoms with Crippen molar-refractivity contribution in [3.63, 3.8) is 0 Å². The van der Waals surface area contributed by atoms with Gasteiger partial charge < -0.3 is 9.84 Å². The van der Waals surface area contributed by atoms with Gasteiger partial charge in [-0.25, -0.2) is 9.59 Å². The Labute approximate surface area is 156 Å². The summed E-state index contributed by atoms with van der Waals surface area (Å²) in [4.78, 5) is 22.7. The van der Waals surface area contributed by atoms with E-state index in [0.29, 0.717) is 5.57 Å². The number of hydrogen-bond donors (Lipinski definition) is 1. The number of carbonyl (C=O) groups is 2. The Hall–Kier alpha value is -2.36. The summed E-state index contributed by atoms with van der Waals surface area (Å²) in [7, 11) is 1.26. The molecular formula is C22H30O4. The summed E-state index contributed by atoms with van der Waals surface area (Å²) >= 11 is 0. The number of allylic oxidation sites excluding steroid dienone is 7. The Morgan fingerprint density at radius 1 is 1.19 bits per heavy atom. The van der Waals surface area contributed by atoms with Gasteiger partial charge in [-0.15, -0.1) is 0 Å². The fraction of sp³-hybridized carbons (Fsp3) is 0.455. The summed E-state index contributed by atoms with van der Waals surface area (Å²) in [6.45, 7) is 10.2. The number of aliphatic carboxylic acids is 1. The molecule has 0 aliphatic heterocycles. The minimum Gasteiger partial charge on any atom is -0.478 e. The van der Waals surface area contributed by atoms with E-state index in [1.165, 1.54) is 43.2 Å². The standard InChI is InChI=1S/C22H30O4/c1-15(10-12-19-16(2)8-7-13-22(19,4)5)9-11-18(21(24)25)17(3)14-20(23)26-6/h9-12,14H,7-8,13H2,1-6H3,(H,24,25)/b12-10+,15-9+,17-14-,18-11+. The van der Waals surface area contributed by atoms with Gasteiger partial charge in [-0.05, 0) is 62.7 Å². The minimum absolute atomic E-state index is 0.0662. The van der Waals surface area contributed by atoms with E-state index in [0.717, 1.165) is 12.0 Å². The first-order valence-corrected chi connectivity index (χ1v) is 8.85. The number of methoxy groups -OCH3 is 1. The van der Waals surface area contributed by atoms with Crippen LogP contribution in [-0.4, -0.2) is 24.2 Å². The Bertz CT molecular complexity index is 712. The number of ether oxygens (including phenoxy) is 1. The zero-order valence-electron chi connectivity index (χ0n) is 16.7. The average molecular weight is 358 g/mol. The lowest BCUT2D eigenvalue weighted by atomic mass is 9.72. The van der Waals surface area contributed by atoms with Gasteiger partial charge in [-0.3, -0.25) is 0 Å². The van der Waals surface area contributed by atoms with Crippen molar-refractivity contribution >= 4 is 11.9 Å². The molecule has 0 saturated carbocycles. The second kappa shape index (κ2) is 9.37. The van der Waals surface area contributed by atoms with Gasteiger partial charge >= 0.3 is 11.9 Å². The number of carboxylic acids is 1. The van der Waals surface area contributed by atoms with Crippen LogP contribution in [0.3, 0.4) is 0 Å². The van der Waals surface area contributed by atoms with E-state index in [9.17, 15) is 14.7 Å². The highest BCUT2D eigenvalue weighted by Crippen LogP contribution is 2.40. The Kier molecular flexibility index (Phi) is 7.81. The molecule has 0 fully saturated rings. The highest BCUT2D eigenvalue weighted by atomic mass is 16.5. The molecule has 1 aliphatic rings. The fourth-order valence-electron chi connectivity index (χ4n) is 3.18. The largest absolute Gasteiger partial charge is 0.478 e. The molecule has 4 heteroatoms. The van der Waals surface area contributed by atoms with Crippen LogP contribution < -0.4 is 0 Å². The van der Waals surface area contributed by atoms with Gasteiger partial charge in [0.2, 0.25) is 0 Å². The van der Waals surface area contributed by atoms with Gasteiger partial charge in [0.25, 0.3) is 0 Å². The highest BCUT2D eigenvalue weighted by Gasteiger charge is 2.26. The lowest BCUT2D eigenvalue weighted by molar-refractivity contribution is -0.134. The lowest BCUT2D eigenvalue weighted by Crippen LogP contribution is -2.19. The quantitative estimate of drug-likeness (QED) is 0.405. The molecule has 26 heavy (non-hydrogen) atoms. The molecule has 4 nitrogen and oxygen atoms in total.